The lowest BCUT2D eigenvalue weighted by atomic mass is 10.1. The van der Waals surface area contributed by atoms with Gasteiger partial charge < -0.3 is 10.6 Å². The van der Waals surface area contributed by atoms with Crippen molar-refractivity contribution in [3.05, 3.63) is 17.5 Å². The number of nitrogens with one attached hydrogen (secondary N) is 2. The first-order valence-corrected chi connectivity index (χ1v) is 7.16. The van der Waals surface area contributed by atoms with Gasteiger partial charge in [0.15, 0.2) is 0 Å². The van der Waals surface area contributed by atoms with Crippen molar-refractivity contribution in [2.45, 2.75) is 46.2 Å². The van der Waals surface area contributed by atoms with Gasteiger partial charge in [-0.2, -0.15) is 5.10 Å². The average Bonchev–Trinajstić information content (AvgIpc) is 2.96. The van der Waals surface area contributed by atoms with Crippen LogP contribution in [0.1, 0.15) is 43.4 Å². The highest BCUT2D eigenvalue weighted by Crippen LogP contribution is 2.11. The second kappa shape index (κ2) is 6.07. The Morgan fingerprint density at radius 2 is 2.35 bits per heavy atom. The Bertz CT molecular complexity index is 507. The first-order chi connectivity index (χ1) is 9.51. The minimum atomic E-state index is -0.420. The summed E-state index contributed by atoms with van der Waals surface area (Å²) in [6, 6.07) is 1.40. The van der Waals surface area contributed by atoms with Gasteiger partial charge in [-0.1, -0.05) is 13.8 Å². The van der Waals surface area contributed by atoms with E-state index in [0.29, 0.717) is 31.1 Å². The second-order valence-corrected chi connectivity index (χ2v) is 5.54. The number of aryl methyl sites for hydroxylation is 1. The van der Waals surface area contributed by atoms with Crippen LogP contribution in [0.5, 0.6) is 0 Å². The maximum absolute atomic E-state index is 12.3. The van der Waals surface area contributed by atoms with E-state index in [1.807, 2.05) is 13.0 Å². The molecular weight excluding hydrogens is 256 g/mol. The van der Waals surface area contributed by atoms with E-state index in [1.54, 1.807) is 4.68 Å². The number of hydrogen-bond donors (Lipinski definition) is 2. The van der Waals surface area contributed by atoms with E-state index in [2.05, 4.69) is 29.6 Å². The van der Waals surface area contributed by atoms with Crippen LogP contribution >= 0.6 is 0 Å². The minimum absolute atomic E-state index is 0.108. The van der Waals surface area contributed by atoms with Crippen molar-refractivity contribution in [2.24, 2.45) is 5.92 Å². The molecule has 2 amide bonds. The van der Waals surface area contributed by atoms with Crippen molar-refractivity contribution in [1.82, 2.24) is 20.4 Å². The third-order valence-electron chi connectivity index (χ3n) is 3.33. The normalized spacial score (nSPS) is 18.4. The molecule has 1 aliphatic heterocycles. The number of carbonyl (C=O) groups excluding carboxylic acids is 2. The maximum atomic E-state index is 12.3. The average molecular weight is 278 g/mol. The third kappa shape index (κ3) is 3.18. The highest BCUT2D eigenvalue weighted by Gasteiger charge is 2.27. The van der Waals surface area contributed by atoms with Crippen molar-refractivity contribution >= 4 is 11.8 Å². The highest BCUT2D eigenvalue weighted by atomic mass is 16.2. The summed E-state index contributed by atoms with van der Waals surface area (Å²) in [6.07, 6.45) is 1.49. The van der Waals surface area contributed by atoms with Crippen LogP contribution in [0.4, 0.5) is 0 Å². The van der Waals surface area contributed by atoms with Crippen LogP contribution < -0.4 is 10.6 Å². The highest BCUT2D eigenvalue weighted by molar-refractivity contribution is 5.96. The molecule has 0 radical (unpaired) electrons. The van der Waals surface area contributed by atoms with Crippen LogP contribution in [0.25, 0.3) is 0 Å². The molecule has 1 fully saturated rings. The quantitative estimate of drug-likeness (QED) is 0.833. The van der Waals surface area contributed by atoms with Gasteiger partial charge in [-0.05, 0) is 31.7 Å². The fraction of sp³-hybridized carbons (Fsp3) is 0.643. The Balaban J connectivity index is 2.11. The van der Waals surface area contributed by atoms with Crippen molar-refractivity contribution in [3.63, 3.8) is 0 Å². The molecule has 1 saturated heterocycles. The lowest BCUT2D eigenvalue weighted by Gasteiger charge is -2.10. The fourth-order valence-electron chi connectivity index (χ4n) is 2.38. The van der Waals surface area contributed by atoms with Gasteiger partial charge in [0.05, 0.1) is 5.69 Å². The summed E-state index contributed by atoms with van der Waals surface area (Å²) in [7, 11) is 0. The molecule has 6 nitrogen and oxygen atoms in total. The van der Waals surface area contributed by atoms with Crippen LogP contribution in [0.2, 0.25) is 0 Å². The zero-order valence-corrected chi connectivity index (χ0v) is 12.3. The number of hydrogen-bond acceptors (Lipinski definition) is 3. The van der Waals surface area contributed by atoms with E-state index in [0.717, 1.165) is 12.1 Å². The van der Waals surface area contributed by atoms with Gasteiger partial charge in [-0.25, -0.2) is 0 Å². The summed E-state index contributed by atoms with van der Waals surface area (Å²) in [5.74, 6) is 0.159. The smallest absolute Gasteiger partial charge is 0.270 e. The Hall–Kier alpha value is -1.85. The predicted molar refractivity (Wildman–Crippen MR) is 75.3 cm³/mol. The third-order valence-corrected chi connectivity index (χ3v) is 3.33. The molecule has 1 aromatic rings. The molecule has 1 aromatic heterocycles. The van der Waals surface area contributed by atoms with Crippen LogP contribution in [0, 0.1) is 5.92 Å². The van der Waals surface area contributed by atoms with Crippen LogP contribution in [-0.4, -0.2) is 34.2 Å². The molecule has 110 valence electrons. The predicted octanol–water partition coefficient (Wildman–Crippen LogP) is 0.720. The van der Waals surface area contributed by atoms with Crippen LogP contribution in [-0.2, 0) is 17.8 Å². The summed E-state index contributed by atoms with van der Waals surface area (Å²) in [5, 5.41) is 9.92. The molecular formula is C14H22N4O2. The Morgan fingerprint density at radius 3 is 2.90 bits per heavy atom. The SMILES string of the molecule is CCn1nc(CC(C)C)cc1C(=O)N[C@H]1CCNC1=O. The molecule has 20 heavy (non-hydrogen) atoms. The number of rotatable bonds is 5. The van der Waals surface area contributed by atoms with Crippen molar-refractivity contribution in [2.75, 3.05) is 6.54 Å². The number of aromatic nitrogens is 2. The van der Waals surface area contributed by atoms with Gasteiger partial charge in [0.1, 0.15) is 11.7 Å². The number of nitrogens with zero attached hydrogens (tertiary/aromatic N) is 2. The Kier molecular flexibility index (Phi) is 4.42. The summed E-state index contributed by atoms with van der Waals surface area (Å²) >= 11 is 0. The number of amides is 2. The molecule has 2 heterocycles. The van der Waals surface area contributed by atoms with E-state index in [-0.39, 0.29) is 11.8 Å². The van der Waals surface area contributed by atoms with E-state index < -0.39 is 6.04 Å². The lowest BCUT2D eigenvalue weighted by Crippen LogP contribution is -2.40. The first-order valence-electron chi connectivity index (χ1n) is 7.16. The van der Waals surface area contributed by atoms with Crippen molar-refractivity contribution in [3.8, 4) is 0 Å². The van der Waals surface area contributed by atoms with E-state index in [4.69, 9.17) is 0 Å². The summed E-state index contributed by atoms with van der Waals surface area (Å²) in [4.78, 5) is 23.8. The zero-order chi connectivity index (χ0) is 14.7. The van der Waals surface area contributed by atoms with Crippen molar-refractivity contribution in [1.29, 1.82) is 0 Å². The molecule has 0 unspecified atom stereocenters. The Morgan fingerprint density at radius 1 is 1.60 bits per heavy atom. The first kappa shape index (κ1) is 14.6. The maximum Gasteiger partial charge on any atom is 0.270 e. The fourth-order valence-corrected chi connectivity index (χ4v) is 2.38. The topological polar surface area (TPSA) is 76.0 Å². The van der Waals surface area contributed by atoms with Gasteiger partial charge in [0.25, 0.3) is 5.91 Å². The molecule has 1 aliphatic rings. The second-order valence-electron chi connectivity index (χ2n) is 5.54. The summed E-state index contributed by atoms with van der Waals surface area (Å²) < 4.78 is 1.69. The van der Waals surface area contributed by atoms with Gasteiger partial charge >= 0.3 is 0 Å². The molecule has 0 aromatic carbocycles. The van der Waals surface area contributed by atoms with E-state index >= 15 is 0 Å². The summed E-state index contributed by atoms with van der Waals surface area (Å²) in [5.41, 5.74) is 1.45. The summed E-state index contributed by atoms with van der Waals surface area (Å²) in [6.45, 7) is 7.44. The van der Waals surface area contributed by atoms with Gasteiger partial charge in [0, 0.05) is 13.1 Å². The standard InChI is InChI=1S/C14H22N4O2/c1-4-18-12(8-10(17-18)7-9(2)3)14(20)16-11-5-6-15-13(11)19/h8-9,11H,4-7H2,1-3H3,(H,15,19)(H,16,20)/t11-/m0/s1. The van der Waals surface area contributed by atoms with Gasteiger partial charge in [-0.15, -0.1) is 0 Å². The van der Waals surface area contributed by atoms with Gasteiger partial charge in [0.2, 0.25) is 5.91 Å². The largest absolute Gasteiger partial charge is 0.354 e. The van der Waals surface area contributed by atoms with Gasteiger partial charge in [-0.3, -0.25) is 14.3 Å². The monoisotopic (exact) mass is 278 g/mol. The Labute approximate surface area is 118 Å². The van der Waals surface area contributed by atoms with Crippen LogP contribution in [0.15, 0.2) is 6.07 Å². The molecule has 2 N–H and O–H groups in total. The van der Waals surface area contributed by atoms with E-state index in [1.165, 1.54) is 0 Å². The van der Waals surface area contributed by atoms with E-state index in [9.17, 15) is 9.59 Å². The van der Waals surface area contributed by atoms with Crippen molar-refractivity contribution < 1.29 is 9.59 Å². The molecule has 1 atom stereocenters. The van der Waals surface area contributed by atoms with Crippen LogP contribution in [0.3, 0.4) is 0 Å². The molecule has 6 heteroatoms. The number of carbonyl (C=O) groups is 2. The molecule has 0 saturated carbocycles. The molecule has 0 bridgehead atoms. The minimum Gasteiger partial charge on any atom is -0.354 e. The molecule has 0 aliphatic carbocycles. The zero-order valence-electron chi connectivity index (χ0n) is 12.3. The molecule has 0 spiro atoms. The lowest BCUT2D eigenvalue weighted by molar-refractivity contribution is -0.120. The molecule has 2 rings (SSSR count).